The Balaban J connectivity index is 1.99. The van der Waals surface area contributed by atoms with Crippen LogP contribution < -0.4 is 14.8 Å². The highest BCUT2D eigenvalue weighted by atomic mass is 35.5. The van der Waals surface area contributed by atoms with Gasteiger partial charge in [0.1, 0.15) is 17.2 Å². The van der Waals surface area contributed by atoms with E-state index in [2.05, 4.69) is 15.3 Å². The molecule has 0 spiro atoms. The van der Waals surface area contributed by atoms with Crippen LogP contribution in [0.5, 0.6) is 11.5 Å². The molecular formula is C15H18ClN3O2. The standard InChI is InChI=1S/C15H18ClN3O2/c1-10-14(16)15(19-9-18-10)17-7-6-11-4-5-12(20-2)13(8-11)21-3/h4-5,8-9H,6-7H2,1-3H3,(H,17,18,19). The third-order valence-electron chi connectivity index (χ3n) is 3.12. The van der Waals surface area contributed by atoms with E-state index in [0.717, 1.165) is 29.2 Å². The van der Waals surface area contributed by atoms with Gasteiger partial charge in [0.15, 0.2) is 11.5 Å². The van der Waals surface area contributed by atoms with Gasteiger partial charge in [0.25, 0.3) is 0 Å². The van der Waals surface area contributed by atoms with Gasteiger partial charge in [0.2, 0.25) is 0 Å². The van der Waals surface area contributed by atoms with Gasteiger partial charge in [-0.25, -0.2) is 9.97 Å². The molecule has 0 aliphatic heterocycles. The molecule has 1 heterocycles. The second kappa shape index (κ2) is 7.13. The predicted molar refractivity (Wildman–Crippen MR) is 83.5 cm³/mol. The first-order chi connectivity index (χ1) is 10.2. The molecule has 2 aromatic rings. The molecule has 0 radical (unpaired) electrons. The first-order valence-electron chi connectivity index (χ1n) is 6.57. The fourth-order valence-electron chi connectivity index (χ4n) is 1.94. The van der Waals surface area contributed by atoms with Gasteiger partial charge in [-0.05, 0) is 31.0 Å². The summed E-state index contributed by atoms with van der Waals surface area (Å²) >= 11 is 6.14. The predicted octanol–water partition coefficient (Wildman–Crippen LogP) is 3.11. The molecule has 5 nitrogen and oxygen atoms in total. The number of rotatable bonds is 6. The SMILES string of the molecule is COc1ccc(CCNc2ncnc(C)c2Cl)cc1OC. The van der Waals surface area contributed by atoms with Crippen LogP contribution in [0.2, 0.25) is 5.02 Å². The second-order valence-corrected chi connectivity index (χ2v) is 4.87. The van der Waals surface area contributed by atoms with Crippen LogP contribution in [0.3, 0.4) is 0 Å². The van der Waals surface area contributed by atoms with Crippen molar-refractivity contribution < 1.29 is 9.47 Å². The maximum atomic E-state index is 6.14. The average molecular weight is 308 g/mol. The van der Waals surface area contributed by atoms with Crippen molar-refractivity contribution >= 4 is 17.4 Å². The number of methoxy groups -OCH3 is 2. The van der Waals surface area contributed by atoms with E-state index in [4.69, 9.17) is 21.1 Å². The Kier molecular flexibility index (Phi) is 5.22. The van der Waals surface area contributed by atoms with Crippen LogP contribution in [0.15, 0.2) is 24.5 Å². The molecule has 0 fully saturated rings. The van der Waals surface area contributed by atoms with Gasteiger partial charge in [-0.1, -0.05) is 17.7 Å². The number of aryl methyl sites for hydroxylation is 1. The normalized spacial score (nSPS) is 10.3. The first kappa shape index (κ1) is 15.4. The van der Waals surface area contributed by atoms with Gasteiger partial charge in [-0.15, -0.1) is 0 Å². The summed E-state index contributed by atoms with van der Waals surface area (Å²) in [6, 6.07) is 5.87. The smallest absolute Gasteiger partial charge is 0.160 e. The summed E-state index contributed by atoms with van der Waals surface area (Å²) in [4.78, 5) is 8.17. The van der Waals surface area contributed by atoms with Gasteiger partial charge in [0.05, 0.1) is 19.9 Å². The third-order valence-corrected chi connectivity index (χ3v) is 3.57. The minimum absolute atomic E-state index is 0.560. The lowest BCUT2D eigenvalue weighted by molar-refractivity contribution is 0.354. The Labute approximate surface area is 129 Å². The van der Waals surface area contributed by atoms with Crippen LogP contribution in [0.25, 0.3) is 0 Å². The van der Waals surface area contributed by atoms with Crippen molar-refractivity contribution in [1.29, 1.82) is 0 Å². The molecule has 1 aromatic carbocycles. The van der Waals surface area contributed by atoms with Gasteiger partial charge >= 0.3 is 0 Å². The largest absolute Gasteiger partial charge is 0.493 e. The van der Waals surface area contributed by atoms with Crippen molar-refractivity contribution in [2.24, 2.45) is 0 Å². The zero-order valence-corrected chi connectivity index (χ0v) is 13.1. The van der Waals surface area contributed by atoms with E-state index in [1.807, 2.05) is 25.1 Å². The number of hydrogen-bond donors (Lipinski definition) is 1. The molecule has 112 valence electrons. The Morgan fingerprint density at radius 1 is 1.14 bits per heavy atom. The van der Waals surface area contributed by atoms with Crippen LogP contribution in [0, 0.1) is 6.92 Å². The van der Waals surface area contributed by atoms with Crippen LogP contribution in [0.1, 0.15) is 11.3 Å². The summed E-state index contributed by atoms with van der Waals surface area (Å²) in [5.74, 6) is 2.11. The number of halogens is 1. The fourth-order valence-corrected chi connectivity index (χ4v) is 2.11. The van der Waals surface area contributed by atoms with Crippen molar-refractivity contribution in [3.63, 3.8) is 0 Å². The maximum Gasteiger partial charge on any atom is 0.160 e. The molecule has 0 saturated heterocycles. The number of nitrogens with zero attached hydrogens (tertiary/aromatic N) is 2. The summed E-state index contributed by atoms with van der Waals surface area (Å²) in [6.45, 7) is 2.56. The van der Waals surface area contributed by atoms with Crippen molar-refractivity contribution in [3.05, 3.63) is 40.8 Å². The van der Waals surface area contributed by atoms with Gasteiger partial charge in [0, 0.05) is 6.54 Å². The van der Waals surface area contributed by atoms with Gasteiger partial charge in [-0.2, -0.15) is 0 Å². The molecule has 2 rings (SSSR count). The molecule has 1 N–H and O–H groups in total. The number of aromatic nitrogens is 2. The van der Waals surface area contributed by atoms with E-state index in [0.29, 0.717) is 17.4 Å². The first-order valence-corrected chi connectivity index (χ1v) is 6.95. The Morgan fingerprint density at radius 3 is 2.62 bits per heavy atom. The van der Waals surface area contributed by atoms with E-state index in [1.165, 1.54) is 6.33 Å². The highest BCUT2D eigenvalue weighted by Gasteiger charge is 2.06. The highest BCUT2D eigenvalue weighted by molar-refractivity contribution is 6.33. The van der Waals surface area contributed by atoms with E-state index >= 15 is 0 Å². The Hall–Kier alpha value is -2.01. The van der Waals surface area contributed by atoms with Crippen LogP contribution in [-0.4, -0.2) is 30.7 Å². The van der Waals surface area contributed by atoms with E-state index < -0.39 is 0 Å². The summed E-state index contributed by atoms with van der Waals surface area (Å²) in [7, 11) is 3.25. The Morgan fingerprint density at radius 2 is 1.90 bits per heavy atom. The summed E-state index contributed by atoms with van der Waals surface area (Å²) in [6.07, 6.45) is 2.32. The van der Waals surface area contributed by atoms with E-state index in [9.17, 15) is 0 Å². The molecule has 0 unspecified atom stereocenters. The number of hydrogen-bond acceptors (Lipinski definition) is 5. The molecule has 21 heavy (non-hydrogen) atoms. The molecule has 6 heteroatoms. The van der Waals surface area contributed by atoms with Crippen molar-refractivity contribution in [2.45, 2.75) is 13.3 Å². The zero-order valence-electron chi connectivity index (χ0n) is 12.3. The number of anilines is 1. The lowest BCUT2D eigenvalue weighted by Gasteiger charge is -2.11. The molecule has 0 aliphatic rings. The van der Waals surface area contributed by atoms with Crippen molar-refractivity contribution in [1.82, 2.24) is 9.97 Å². The lowest BCUT2D eigenvalue weighted by atomic mass is 10.1. The molecule has 0 saturated carbocycles. The molecule has 0 amide bonds. The quantitative estimate of drug-likeness (QED) is 0.888. The molecule has 0 bridgehead atoms. The third kappa shape index (κ3) is 3.76. The maximum absolute atomic E-state index is 6.14. The topological polar surface area (TPSA) is 56.3 Å². The van der Waals surface area contributed by atoms with Gasteiger partial charge < -0.3 is 14.8 Å². The number of nitrogens with one attached hydrogen (secondary N) is 1. The molecule has 1 aromatic heterocycles. The zero-order chi connectivity index (χ0) is 15.2. The molecular weight excluding hydrogens is 290 g/mol. The van der Waals surface area contributed by atoms with E-state index in [-0.39, 0.29) is 0 Å². The minimum atomic E-state index is 0.560. The average Bonchev–Trinajstić information content (AvgIpc) is 2.51. The monoisotopic (exact) mass is 307 g/mol. The van der Waals surface area contributed by atoms with Crippen LogP contribution >= 0.6 is 11.6 Å². The Bertz CT molecular complexity index is 620. The van der Waals surface area contributed by atoms with Crippen molar-refractivity contribution in [2.75, 3.05) is 26.1 Å². The van der Waals surface area contributed by atoms with Gasteiger partial charge in [-0.3, -0.25) is 0 Å². The second-order valence-electron chi connectivity index (χ2n) is 4.49. The summed E-state index contributed by atoms with van der Waals surface area (Å²) in [5.41, 5.74) is 1.90. The van der Waals surface area contributed by atoms with Crippen molar-refractivity contribution in [3.8, 4) is 11.5 Å². The molecule has 0 atom stereocenters. The highest BCUT2D eigenvalue weighted by Crippen LogP contribution is 2.27. The summed E-state index contributed by atoms with van der Waals surface area (Å²) < 4.78 is 10.5. The van der Waals surface area contributed by atoms with Crippen LogP contribution in [0.4, 0.5) is 5.82 Å². The number of ether oxygens (including phenoxy) is 2. The minimum Gasteiger partial charge on any atom is -0.493 e. The fraction of sp³-hybridized carbons (Fsp3) is 0.333. The molecule has 0 aliphatic carbocycles. The van der Waals surface area contributed by atoms with E-state index in [1.54, 1.807) is 14.2 Å². The summed E-state index contributed by atoms with van der Waals surface area (Å²) in [5, 5.41) is 3.77. The lowest BCUT2D eigenvalue weighted by Crippen LogP contribution is -2.08. The number of benzene rings is 1. The van der Waals surface area contributed by atoms with Crippen LogP contribution in [-0.2, 0) is 6.42 Å².